The number of hydrogen-bond acceptors (Lipinski definition) is 6. The number of esters is 1. The highest BCUT2D eigenvalue weighted by atomic mass is 32.2. The van der Waals surface area contributed by atoms with E-state index >= 15 is 0 Å². The first-order chi connectivity index (χ1) is 12.5. The Morgan fingerprint density at radius 3 is 2.11 bits per heavy atom. The summed E-state index contributed by atoms with van der Waals surface area (Å²) in [6.45, 7) is 3.69. The van der Waals surface area contributed by atoms with E-state index in [9.17, 15) is 40.0 Å². The minimum atomic E-state index is -5.95. The number of ether oxygens (including phenoxy) is 2. The maximum Gasteiger partial charge on any atom is 0.466 e. The van der Waals surface area contributed by atoms with E-state index in [0.717, 1.165) is 6.92 Å². The molecule has 0 aromatic heterocycles. The van der Waals surface area contributed by atoms with Crippen molar-refractivity contribution in [1.82, 2.24) is 5.32 Å². The molecule has 8 nitrogen and oxygen atoms in total. The Bertz CT molecular complexity index is 693. The lowest BCUT2D eigenvalue weighted by atomic mass is 10.2. The lowest BCUT2D eigenvalue weighted by molar-refractivity contribution is -0.348. The van der Waals surface area contributed by atoms with Crippen LogP contribution in [0.4, 0.5) is 22.0 Å². The van der Waals surface area contributed by atoms with Crippen LogP contribution in [0, 0.1) is 0 Å². The monoisotopic (exact) mass is 441 g/mol. The van der Waals surface area contributed by atoms with Crippen LogP contribution in [0.5, 0.6) is 0 Å². The van der Waals surface area contributed by atoms with Crippen LogP contribution in [-0.2, 0) is 29.2 Å². The summed E-state index contributed by atoms with van der Waals surface area (Å²) in [5, 5.41) is -3.05. The highest BCUT2D eigenvalue weighted by molar-refractivity contribution is 7.86. The number of amides is 1. The van der Waals surface area contributed by atoms with Gasteiger partial charge in [0.1, 0.15) is 0 Å². The number of halogens is 5. The molecule has 0 aromatic rings. The van der Waals surface area contributed by atoms with Gasteiger partial charge in [-0.2, -0.15) is 30.4 Å². The molecule has 0 aliphatic heterocycles. The average molecular weight is 441 g/mol. The van der Waals surface area contributed by atoms with Crippen molar-refractivity contribution in [2.45, 2.75) is 50.3 Å². The highest BCUT2D eigenvalue weighted by Gasteiger charge is 2.66. The number of carbonyl (C=O) groups is 2. The van der Waals surface area contributed by atoms with Gasteiger partial charge in [-0.25, -0.2) is 4.79 Å². The van der Waals surface area contributed by atoms with Crippen molar-refractivity contribution in [2.24, 2.45) is 0 Å². The molecule has 0 spiro atoms. The maximum atomic E-state index is 13.6. The van der Waals surface area contributed by atoms with Gasteiger partial charge in [0.15, 0.2) is 0 Å². The summed E-state index contributed by atoms with van der Waals surface area (Å²) >= 11 is 0. The number of nitrogens with one attached hydrogen (secondary N) is 1. The van der Waals surface area contributed by atoms with E-state index in [1.165, 1.54) is 0 Å². The first-order valence-corrected chi connectivity index (χ1v) is 9.18. The fraction of sp³-hybridized carbons (Fsp3) is 0.714. The Labute approximate surface area is 157 Å². The molecule has 1 amide bonds. The molecule has 1 atom stereocenters. The van der Waals surface area contributed by atoms with Crippen molar-refractivity contribution >= 4 is 22.0 Å². The number of unbranched alkanes of at least 4 members (excludes halogenated alkanes) is 1. The van der Waals surface area contributed by atoms with E-state index in [1.54, 1.807) is 6.92 Å². The fourth-order valence-electron chi connectivity index (χ4n) is 1.57. The summed E-state index contributed by atoms with van der Waals surface area (Å²) < 4.78 is 105. The summed E-state index contributed by atoms with van der Waals surface area (Å²) in [5.74, 6) is -8.03. The van der Waals surface area contributed by atoms with E-state index < -0.39 is 57.8 Å². The van der Waals surface area contributed by atoms with Gasteiger partial charge in [0, 0.05) is 12.1 Å². The predicted octanol–water partition coefficient (Wildman–Crippen LogP) is 2.17. The Balaban J connectivity index is 5.81. The number of carbonyl (C=O) groups excluding carboxylic acids is 2. The van der Waals surface area contributed by atoms with Crippen LogP contribution in [0.15, 0.2) is 12.2 Å². The highest BCUT2D eigenvalue weighted by Crippen LogP contribution is 2.37. The quantitative estimate of drug-likeness (QED) is 0.126. The maximum absolute atomic E-state index is 13.6. The second-order valence-corrected chi connectivity index (χ2v) is 7.15. The molecule has 0 fully saturated rings. The Morgan fingerprint density at radius 2 is 1.71 bits per heavy atom. The smallest absolute Gasteiger partial charge is 0.412 e. The van der Waals surface area contributed by atoms with Gasteiger partial charge in [0.2, 0.25) is 0 Å². The third-order valence-corrected chi connectivity index (χ3v) is 4.11. The van der Waals surface area contributed by atoms with Crippen molar-refractivity contribution in [3.63, 3.8) is 0 Å². The van der Waals surface area contributed by atoms with Crippen LogP contribution in [-0.4, -0.2) is 55.2 Å². The normalized spacial score (nSPS) is 14.9. The summed E-state index contributed by atoms with van der Waals surface area (Å²) in [7, 11) is -5.95. The third kappa shape index (κ3) is 6.67. The molecule has 1 unspecified atom stereocenters. The van der Waals surface area contributed by atoms with Crippen LogP contribution in [0.25, 0.3) is 0 Å². The van der Waals surface area contributed by atoms with Gasteiger partial charge in [-0.15, -0.1) is 0 Å². The molecule has 28 heavy (non-hydrogen) atoms. The topological polar surface area (TPSA) is 119 Å². The van der Waals surface area contributed by atoms with Crippen LogP contribution in [0.2, 0.25) is 0 Å². The minimum absolute atomic E-state index is 0.245. The van der Waals surface area contributed by atoms with E-state index in [1.807, 2.05) is 5.32 Å². The molecule has 0 aliphatic rings. The average Bonchev–Trinajstić information content (AvgIpc) is 2.51. The van der Waals surface area contributed by atoms with E-state index in [2.05, 4.69) is 16.1 Å². The summed E-state index contributed by atoms with van der Waals surface area (Å²) in [4.78, 5) is 23.7. The van der Waals surface area contributed by atoms with Gasteiger partial charge in [-0.3, -0.25) is 9.35 Å². The van der Waals surface area contributed by atoms with Crippen molar-refractivity contribution in [2.75, 3.05) is 13.2 Å². The number of hydrogen-bond donors (Lipinski definition) is 2. The predicted molar refractivity (Wildman–Crippen MR) is 84.7 cm³/mol. The van der Waals surface area contributed by atoms with Gasteiger partial charge >= 0.3 is 39.2 Å². The lowest BCUT2D eigenvalue weighted by Gasteiger charge is -2.33. The second-order valence-electron chi connectivity index (χ2n) is 5.60. The molecular weight excluding hydrogens is 421 g/mol. The minimum Gasteiger partial charge on any atom is -0.412 e. The molecule has 0 aliphatic carbocycles. The first-order valence-electron chi connectivity index (χ1n) is 7.74. The van der Waals surface area contributed by atoms with Gasteiger partial charge in [0.25, 0.3) is 0 Å². The summed E-state index contributed by atoms with van der Waals surface area (Å²) in [6.07, 6.45) is -6.94. The molecule has 0 bridgehead atoms. The summed E-state index contributed by atoms with van der Waals surface area (Å²) in [6, 6.07) is 0. The molecular formula is C14H20F5NO7S. The fourth-order valence-corrected chi connectivity index (χ4v) is 1.91. The van der Waals surface area contributed by atoms with Crippen LogP contribution in [0.1, 0.15) is 33.1 Å². The molecule has 2 N–H and O–H groups in total. The van der Waals surface area contributed by atoms with Gasteiger partial charge in [-0.1, -0.05) is 19.9 Å². The van der Waals surface area contributed by atoms with Crippen LogP contribution in [0.3, 0.4) is 0 Å². The van der Waals surface area contributed by atoms with Gasteiger partial charge in [0.05, 0.1) is 13.0 Å². The largest absolute Gasteiger partial charge is 0.466 e. The molecule has 0 heterocycles. The van der Waals surface area contributed by atoms with Crippen molar-refractivity contribution in [3.05, 3.63) is 12.2 Å². The van der Waals surface area contributed by atoms with Crippen LogP contribution < -0.4 is 5.32 Å². The second kappa shape index (κ2) is 9.60. The molecule has 0 radical (unpaired) electrons. The van der Waals surface area contributed by atoms with Gasteiger partial charge < -0.3 is 14.8 Å². The molecule has 164 valence electrons. The zero-order chi connectivity index (χ0) is 22.4. The Hall–Kier alpha value is -1.80. The molecule has 0 aromatic carbocycles. The first kappa shape index (κ1) is 26.2. The Kier molecular flexibility index (Phi) is 8.99. The number of alkyl halides is 5. The van der Waals surface area contributed by atoms with Gasteiger partial charge in [-0.05, 0) is 13.3 Å². The van der Waals surface area contributed by atoms with Crippen molar-refractivity contribution in [1.29, 1.82) is 0 Å². The Morgan fingerprint density at radius 1 is 1.18 bits per heavy atom. The number of rotatable bonds is 11. The summed E-state index contributed by atoms with van der Waals surface area (Å²) in [5.41, 5.74) is -0.554. The third-order valence-electron chi connectivity index (χ3n) is 3.15. The van der Waals surface area contributed by atoms with E-state index in [0.29, 0.717) is 6.42 Å². The molecule has 0 rings (SSSR count). The van der Waals surface area contributed by atoms with E-state index in [4.69, 9.17) is 4.55 Å². The van der Waals surface area contributed by atoms with Crippen LogP contribution >= 0.6 is 0 Å². The molecule has 14 heteroatoms. The van der Waals surface area contributed by atoms with E-state index in [-0.39, 0.29) is 13.0 Å². The van der Waals surface area contributed by atoms with Crippen molar-refractivity contribution in [3.8, 4) is 0 Å². The standard InChI is InChI=1S/C14H20F5NO7S/c1-4-5-7-20-11(22)13(14(17,18)19,27-10(21)9(2)3)26-8-6-12(15,16)28(23,24)25/h2,4-8H2,1,3H3,(H,20,22)(H,23,24,25). The SMILES string of the molecule is C=C(C)C(=O)OC(OCCC(F)(F)S(=O)(=O)O)(C(=O)NCCCC)C(F)(F)F. The molecule has 0 saturated heterocycles. The molecule has 0 saturated carbocycles. The zero-order valence-electron chi connectivity index (χ0n) is 14.9. The lowest BCUT2D eigenvalue weighted by Crippen LogP contribution is -2.62. The van der Waals surface area contributed by atoms with Crippen molar-refractivity contribution < 1.29 is 54.0 Å². The zero-order valence-corrected chi connectivity index (χ0v) is 15.8.